The fourth-order valence-electron chi connectivity index (χ4n) is 2.06. The predicted molar refractivity (Wildman–Crippen MR) is 80.1 cm³/mol. The Balaban J connectivity index is 2.45. The molecule has 0 aliphatic heterocycles. The molecule has 2 aromatic rings. The van der Waals surface area contributed by atoms with Crippen LogP contribution >= 0.6 is 11.6 Å². The zero-order valence-corrected chi connectivity index (χ0v) is 12.2. The molecule has 2 N–H and O–H groups in total. The van der Waals surface area contributed by atoms with Crippen LogP contribution in [0.5, 0.6) is 11.5 Å². The van der Waals surface area contributed by atoms with Crippen LogP contribution in [0, 0.1) is 20.8 Å². The van der Waals surface area contributed by atoms with E-state index in [4.69, 9.17) is 22.1 Å². The summed E-state index contributed by atoms with van der Waals surface area (Å²) in [6.45, 7) is 6.55. The van der Waals surface area contributed by atoms with Gasteiger partial charge in [-0.1, -0.05) is 23.7 Å². The Hall–Kier alpha value is -1.51. The summed E-state index contributed by atoms with van der Waals surface area (Å²) in [5.41, 5.74) is 10.1. The van der Waals surface area contributed by atoms with E-state index >= 15 is 0 Å². The summed E-state index contributed by atoms with van der Waals surface area (Å²) in [5, 5.41) is 0.641. The second-order valence-electron chi connectivity index (χ2n) is 4.73. The second-order valence-corrected chi connectivity index (χ2v) is 5.13. The molecule has 0 unspecified atom stereocenters. The number of hydrogen-bond acceptors (Lipinski definition) is 2. The summed E-state index contributed by atoms with van der Waals surface area (Å²) in [6.07, 6.45) is 0. The van der Waals surface area contributed by atoms with Crippen LogP contribution in [0.25, 0.3) is 0 Å². The molecule has 0 saturated heterocycles. The lowest BCUT2D eigenvalue weighted by Crippen LogP contribution is -2.01. The van der Waals surface area contributed by atoms with Gasteiger partial charge < -0.3 is 10.5 Å². The van der Waals surface area contributed by atoms with Gasteiger partial charge in [-0.05, 0) is 55.7 Å². The molecule has 0 amide bonds. The highest BCUT2D eigenvalue weighted by Gasteiger charge is 2.10. The number of benzene rings is 2. The van der Waals surface area contributed by atoms with E-state index in [1.54, 1.807) is 0 Å². The molecule has 3 heteroatoms. The molecule has 0 spiro atoms. The van der Waals surface area contributed by atoms with Gasteiger partial charge in [0.1, 0.15) is 11.5 Å². The second kappa shape index (κ2) is 5.64. The molecular formula is C16H18ClNO. The molecule has 100 valence electrons. The van der Waals surface area contributed by atoms with E-state index in [2.05, 4.69) is 26.8 Å². The maximum Gasteiger partial charge on any atom is 0.133 e. The Bertz CT molecular complexity index is 608. The van der Waals surface area contributed by atoms with Crippen molar-refractivity contribution >= 4 is 11.6 Å². The molecule has 0 fully saturated rings. The normalized spacial score (nSPS) is 10.6. The van der Waals surface area contributed by atoms with Gasteiger partial charge in [-0.2, -0.15) is 0 Å². The van der Waals surface area contributed by atoms with Gasteiger partial charge in [0, 0.05) is 17.1 Å². The molecule has 0 heterocycles. The minimum Gasteiger partial charge on any atom is -0.457 e. The number of nitrogens with two attached hydrogens (primary N) is 1. The SMILES string of the molecule is Cc1cc(C)c(C)c(Oc2cccc(Cl)c2CN)c1. The Kier molecular flexibility index (Phi) is 4.13. The van der Waals surface area contributed by atoms with Crippen molar-refractivity contribution in [2.45, 2.75) is 27.3 Å². The lowest BCUT2D eigenvalue weighted by Gasteiger charge is -2.15. The summed E-state index contributed by atoms with van der Waals surface area (Å²) in [6, 6.07) is 9.76. The van der Waals surface area contributed by atoms with Gasteiger partial charge in [-0.3, -0.25) is 0 Å². The Morgan fingerprint density at radius 1 is 1.11 bits per heavy atom. The van der Waals surface area contributed by atoms with Gasteiger partial charge >= 0.3 is 0 Å². The molecule has 0 radical (unpaired) electrons. The first-order valence-electron chi connectivity index (χ1n) is 6.26. The monoisotopic (exact) mass is 275 g/mol. The van der Waals surface area contributed by atoms with Crippen molar-refractivity contribution in [2.24, 2.45) is 5.73 Å². The molecule has 0 aromatic heterocycles. The minimum absolute atomic E-state index is 0.360. The average molecular weight is 276 g/mol. The smallest absolute Gasteiger partial charge is 0.133 e. The van der Waals surface area contributed by atoms with Crippen molar-refractivity contribution in [3.63, 3.8) is 0 Å². The lowest BCUT2D eigenvalue weighted by molar-refractivity contribution is 0.472. The van der Waals surface area contributed by atoms with Gasteiger partial charge in [0.05, 0.1) is 0 Å². The van der Waals surface area contributed by atoms with Crippen molar-refractivity contribution < 1.29 is 4.74 Å². The first kappa shape index (κ1) is 13.9. The molecule has 0 aliphatic rings. The molecule has 19 heavy (non-hydrogen) atoms. The van der Waals surface area contributed by atoms with Crippen LogP contribution in [-0.4, -0.2) is 0 Å². The number of aryl methyl sites for hydroxylation is 2. The fourth-order valence-corrected chi connectivity index (χ4v) is 2.30. The molecule has 0 aliphatic carbocycles. The Morgan fingerprint density at radius 3 is 2.53 bits per heavy atom. The molecular weight excluding hydrogens is 258 g/mol. The van der Waals surface area contributed by atoms with E-state index in [9.17, 15) is 0 Å². The van der Waals surface area contributed by atoms with Crippen LogP contribution in [-0.2, 0) is 6.54 Å². The quantitative estimate of drug-likeness (QED) is 0.894. The largest absolute Gasteiger partial charge is 0.457 e. The maximum atomic E-state index is 6.14. The van der Waals surface area contributed by atoms with E-state index < -0.39 is 0 Å². The summed E-state index contributed by atoms with van der Waals surface area (Å²) >= 11 is 6.14. The number of ether oxygens (including phenoxy) is 1. The minimum atomic E-state index is 0.360. The third kappa shape index (κ3) is 2.91. The van der Waals surface area contributed by atoms with Crippen molar-refractivity contribution in [3.05, 3.63) is 57.6 Å². The maximum absolute atomic E-state index is 6.14. The highest BCUT2D eigenvalue weighted by molar-refractivity contribution is 6.31. The number of halogens is 1. The predicted octanol–water partition coefficient (Wildman–Crippen LogP) is 4.52. The van der Waals surface area contributed by atoms with Crippen LogP contribution in [0.4, 0.5) is 0 Å². The summed E-state index contributed by atoms with van der Waals surface area (Å²) in [4.78, 5) is 0. The van der Waals surface area contributed by atoms with Gasteiger partial charge in [-0.25, -0.2) is 0 Å². The third-order valence-electron chi connectivity index (χ3n) is 3.26. The molecule has 2 rings (SSSR count). The van der Waals surface area contributed by atoms with Crippen molar-refractivity contribution in [1.82, 2.24) is 0 Å². The van der Waals surface area contributed by atoms with E-state index in [-0.39, 0.29) is 0 Å². The Labute approximate surface area is 119 Å². The zero-order valence-electron chi connectivity index (χ0n) is 11.5. The van der Waals surface area contributed by atoms with E-state index in [1.807, 2.05) is 24.3 Å². The molecule has 0 saturated carbocycles. The van der Waals surface area contributed by atoms with Crippen LogP contribution in [0.1, 0.15) is 22.3 Å². The number of rotatable bonds is 3. The molecule has 2 nitrogen and oxygen atoms in total. The van der Waals surface area contributed by atoms with Crippen molar-refractivity contribution in [1.29, 1.82) is 0 Å². The third-order valence-corrected chi connectivity index (χ3v) is 3.62. The van der Waals surface area contributed by atoms with E-state index in [0.29, 0.717) is 11.6 Å². The van der Waals surface area contributed by atoms with Gasteiger partial charge in [0.2, 0.25) is 0 Å². The molecule has 0 bridgehead atoms. The standard InChI is InChI=1S/C16H18ClNO/c1-10-7-11(2)12(3)16(8-10)19-15-6-4-5-14(17)13(15)9-18/h4-8H,9,18H2,1-3H3. The van der Waals surface area contributed by atoms with Crippen molar-refractivity contribution in [2.75, 3.05) is 0 Å². The lowest BCUT2D eigenvalue weighted by atomic mass is 10.1. The van der Waals surface area contributed by atoms with E-state index in [1.165, 1.54) is 11.1 Å². The average Bonchev–Trinajstić information content (AvgIpc) is 2.35. The van der Waals surface area contributed by atoms with Gasteiger partial charge in [0.25, 0.3) is 0 Å². The molecule has 0 atom stereocenters. The summed E-state index contributed by atoms with van der Waals surface area (Å²) in [5.74, 6) is 1.58. The summed E-state index contributed by atoms with van der Waals surface area (Å²) in [7, 11) is 0. The van der Waals surface area contributed by atoms with Crippen LogP contribution in [0.2, 0.25) is 5.02 Å². The van der Waals surface area contributed by atoms with Gasteiger partial charge in [-0.15, -0.1) is 0 Å². The van der Waals surface area contributed by atoms with Crippen LogP contribution < -0.4 is 10.5 Å². The number of hydrogen-bond donors (Lipinski definition) is 1. The van der Waals surface area contributed by atoms with E-state index in [0.717, 1.165) is 22.6 Å². The Morgan fingerprint density at radius 2 is 1.84 bits per heavy atom. The highest BCUT2D eigenvalue weighted by atomic mass is 35.5. The van der Waals surface area contributed by atoms with Crippen LogP contribution in [0.15, 0.2) is 30.3 Å². The van der Waals surface area contributed by atoms with Crippen LogP contribution in [0.3, 0.4) is 0 Å². The first-order chi connectivity index (χ1) is 9.02. The summed E-state index contributed by atoms with van der Waals surface area (Å²) < 4.78 is 6.01. The fraction of sp³-hybridized carbons (Fsp3) is 0.250. The van der Waals surface area contributed by atoms with Crippen molar-refractivity contribution in [3.8, 4) is 11.5 Å². The first-order valence-corrected chi connectivity index (χ1v) is 6.64. The van der Waals surface area contributed by atoms with Gasteiger partial charge in [0.15, 0.2) is 0 Å². The highest BCUT2D eigenvalue weighted by Crippen LogP contribution is 2.33. The topological polar surface area (TPSA) is 35.2 Å². The zero-order chi connectivity index (χ0) is 14.0. The molecule has 2 aromatic carbocycles.